The van der Waals surface area contributed by atoms with Gasteiger partial charge in [-0.2, -0.15) is 0 Å². The summed E-state index contributed by atoms with van der Waals surface area (Å²) in [6.07, 6.45) is 5.63. The summed E-state index contributed by atoms with van der Waals surface area (Å²) >= 11 is 0. The molecule has 3 aromatic rings. The lowest BCUT2D eigenvalue weighted by atomic mass is 9.86. The van der Waals surface area contributed by atoms with Crippen LogP contribution in [0.2, 0.25) is 0 Å². The quantitative estimate of drug-likeness (QED) is 0.480. The number of nitrogens with zero attached hydrogens (tertiary/aromatic N) is 3. The number of Topliss-reactive ketones (excluding diaryl/α,β-unsaturated/α-hetero) is 1. The van der Waals surface area contributed by atoms with Crippen LogP contribution in [0.4, 0.5) is 5.82 Å². The minimum absolute atomic E-state index is 0.104. The van der Waals surface area contributed by atoms with Crippen LogP contribution < -0.4 is 10.2 Å². The number of rotatable bonds is 4. The first-order chi connectivity index (χ1) is 16.6. The molecule has 170 valence electrons. The summed E-state index contributed by atoms with van der Waals surface area (Å²) in [5, 5.41) is 3.27. The van der Waals surface area contributed by atoms with Crippen molar-refractivity contribution >= 4 is 17.6 Å². The van der Waals surface area contributed by atoms with Crippen LogP contribution in [-0.4, -0.2) is 34.8 Å². The molecule has 1 aliphatic carbocycles. The second-order valence-electron chi connectivity index (χ2n) is 9.83. The van der Waals surface area contributed by atoms with Crippen molar-refractivity contribution in [3.8, 4) is 0 Å². The molecule has 4 aliphatic rings. The van der Waals surface area contributed by atoms with E-state index >= 15 is 0 Å². The predicted molar refractivity (Wildman–Crippen MR) is 125 cm³/mol. The van der Waals surface area contributed by atoms with Crippen LogP contribution in [0.5, 0.6) is 0 Å². The van der Waals surface area contributed by atoms with E-state index in [1.807, 2.05) is 24.4 Å². The van der Waals surface area contributed by atoms with Gasteiger partial charge >= 0.3 is 5.97 Å². The summed E-state index contributed by atoms with van der Waals surface area (Å²) in [6, 6.07) is 14.3. The average molecular weight is 453 g/mol. The molecule has 2 fully saturated rings. The number of benzene rings is 1. The van der Waals surface area contributed by atoms with Gasteiger partial charge in [0.05, 0.1) is 11.0 Å². The second-order valence-corrected chi connectivity index (χ2v) is 9.83. The molecule has 0 bridgehead atoms. The normalized spacial score (nSPS) is 23.6. The van der Waals surface area contributed by atoms with E-state index in [9.17, 15) is 9.59 Å². The number of aromatic nitrogens is 2. The first-order valence-corrected chi connectivity index (χ1v) is 11.9. The van der Waals surface area contributed by atoms with E-state index in [0.717, 1.165) is 49.4 Å². The molecule has 2 aromatic heterocycles. The molecule has 7 rings (SSSR count). The molecule has 1 unspecified atom stereocenters. The predicted octanol–water partition coefficient (Wildman–Crippen LogP) is 3.27. The number of carbonyl (C=O) groups excluding carboxylic acids is 2. The Kier molecular flexibility index (Phi) is 4.06. The fraction of sp³-hybridized carbons (Fsp3) is 0.333. The fourth-order valence-electron chi connectivity index (χ4n) is 5.84. The van der Waals surface area contributed by atoms with Gasteiger partial charge in [0.25, 0.3) is 0 Å². The number of pyridine rings is 2. The summed E-state index contributed by atoms with van der Waals surface area (Å²) in [6.45, 7) is 3.03. The van der Waals surface area contributed by atoms with Gasteiger partial charge in [0.15, 0.2) is 11.4 Å². The molecule has 0 amide bonds. The maximum absolute atomic E-state index is 13.8. The molecule has 1 aromatic carbocycles. The van der Waals surface area contributed by atoms with Gasteiger partial charge in [-0.15, -0.1) is 0 Å². The molecule has 1 atom stereocenters. The molecule has 1 spiro atoms. The zero-order valence-corrected chi connectivity index (χ0v) is 18.7. The maximum Gasteiger partial charge on any atom is 0.341 e. The Morgan fingerprint density at radius 3 is 2.44 bits per heavy atom. The Balaban J connectivity index is 1.19. The number of hydrogen-bond acceptors (Lipinski definition) is 7. The minimum atomic E-state index is -0.669. The van der Waals surface area contributed by atoms with Crippen molar-refractivity contribution in [2.45, 2.75) is 43.4 Å². The van der Waals surface area contributed by atoms with Crippen molar-refractivity contribution in [2.75, 3.05) is 18.0 Å². The Morgan fingerprint density at radius 2 is 1.79 bits per heavy atom. The van der Waals surface area contributed by atoms with E-state index in [-0.39, 0.29) is 11.5 Å². The zero-order chi connectivity index (χ0) is 22.9. The molecule has 7 heteroatoms. The second kappa shape index (κ2) is 6.96. The third-order valence-electron chi connectivity index (χ3n) is 7.92. The highest BCUT2D eigenvalue weighted by molar-refractivity contribution is 6.12. The Bertz CT molecular complexity index is 1320. The highest BCUT2D eigenvalue weighted by atomic mass is 16.6. The van der Waals surface area contributed by atoms with Crippen LogP contribution in [0.3, 0.4) is 0 Å². The van der Waals surface area contributed by atoms with Gasteiger partial charge in [0.1, 0.15) is 11.5 Å². The Labute approximate surface area is 197 Å². The minimum Gasteiger partial charge on any atom is -0.449 e. The standard InChI is InChI=1S/C27H24N4O3/c32-24(23-22-20(7-11-29-23)27(34-25(22)33)10-12-28-16-27)26(8-9-26)19-5-6-21(30-13-19)31-14-17-3-1-2-4-18(17)15-31/h1-7,11,13,28H,8-10,12,14-16H2. The smallest absolute Gasteiger partial charge is 0.341 e. The number of esters is 1. The third kappa shape index (κ3) is 2.73. The van der Waals surface area contributed by atoms with Gasteiger partial charge in [0.2, 0.25) is 0 Å². The van der Waals surface area contributed by atoms with Crippen molar-refractivity contribution in [1.29, 1.82) is 0 Å². The van der Waals surface area contributed by atoms with E-state index < -0.39 is 17.0 Å². The van der Waals surface area contributed by atoms with Gasteiger partial charge in [-0.25, -0.2) is 9.78 Å². The molecule has 1 saturated heterocycles. The Hall–Kier alpha value is -3.58. The third-order valence-corrected chi connectivity index (χ3v) is 7.92. The molecule has 3 aliphatic heterocycles. The zero-order valence-electron chi connectivity index (χ0n) is 18.7. The monoisotopic (exact) mass is 452 g/mol. The first-order valence-electron chi connectivity index (χ1n) is 11.9. The first kappa shape index (κ1) is 19.9. The average Bonchev–Trinajstić information content (AvgIpc) is 3.22. The van der Waals surface area contributed by atoms with Crippen molar-refractivity contribution in [1.82, 2.24) is 15.3 Å². The van der Waals surface area contributed by atoms with Crippen molar-refractivity contribution < 1.29 is 14.3 Å². The number of ketones is 1. The molecule has 0 radical (unpaired) electrons. The van der Waals surface area contributed by atoms with Gasteiger partial charge < -0.3 is 15.0 Å². The molecule has 1 saturated carbocycles. The summed E-state index contributed by atoms with van der Waals surface area (Å²) in [4.78, 5) is 38.0. The molecular weight excluding hydrogens is 428 g/mol. The van der Waals surface area contributed by atoms with E-state index in [0.29, 0.717) is 18.5 Å². The molecule has 5 heterocycles. The molecule has 7 nitrogen and oxygen atoms in total. The number of carbonyl (C=O) groups is 2. The number of hydrogen-bond donors (Lipinski definition) is 1. The summed E-state index contributed by atoms with van der Waals surface area (Å²) in [7, 11) is 0. The van der Waals surface area contributed by atoms with E-state index in [4.69, 9.17) is 9.72 Å². The Morgan fingerprint density at radius 1 is 1.00 bits per heavy atom. The largest absolute Gasteiger partial charge is 0.449 e. The topological polar surface area (TPSA) is 84.4 Å². The van der Waals surface area contributed by atoms with Crippen molar-refractivity contribution in [3.05, 3.63) is 88.4 Å². The van der Waals surface area contributed by atoms with Crippen molar-refractivity contribution in [3.63, 3.8) is 0 Å². The van der Waals surface area contributed by atoms with Crippen LogP contribution >= 0.6 is 0 Å². The van der Waals surface area contributed by atoms with Gasteiger partial charge in [-0.3, -0.25) is 9.78 Å². The highest BCUT2D eigenvalue weighted by Crippen LogP contribution is 2.52. The number of ether oxygens (including phenoxy) is 1. The van der Waals surface area contributed by atoms with Crippen LogP contribution in [-0.2, 0) is 28.8 Å². The molecule has 34 heavy (non-hydrogen) atoms. The summed E-state index contributed by atoms with van der Waals surface area (Å²) in [5.41, 5.74) is 3.59. The van der Waals surface area contributed by atoms with Gasteiger partial charge in [0, 0.05) is 44.0 Å². The number of fused-ring (bicyclic) bond motifs is 3. The van der Waals surface area contributed by atoms with Gasteiger partial charge in [-0.1, -0.05) is 30.3 Å². The van der Waals surface area contributed by atoms with E-state index in [1.165, 1.54) is 11.1 Å². The lowest BCUT2D eigenvalue weighted by Crippen LogP contribution is -2.29. The van der Waals surface area contributed by atoms with Crippen LogP contribution in [0.15, 0.2) is 54.9 Å². The molecular formula is C27H24N4O3. The SMILES string of the molecule is O=C1OC2(CCNC2)c2ccnc(C(=O)C3(c4ccc(N5Cc6ccccc6C5)nc4)CC3)c21. The number of nitrogens with one attached hydrogen (secondary N) is 1. The van der Waals surface area contributed by atoms with Gasteiger partial charge in [-0.05, 0) is 48.2 Å². The van der Waals surface area contributed by atoms with Crippen molar-refractivity contribution in [2.24, 2.45) is 0 Å². The van der Waals surface area contributed by atoms with Crippen LogP contribution in [0.25, 0.3) is 0 Å². The van der Waals surface area contributed by atoms with Crippen LogP contribution in [0.1, 0.15) is 62.4 Å². The summed E-state index contributed by atoms with van der Waals surface area (Å²) in [5.74, 6) is 0.363. The maximum atomic E-state index is 13.8. The highest BCUT2D eigenvalue weighted by Gasteiger charge is 2.55. The van der Waals surface area contributed by atoms with Crippen LogP contribution in [0, 0.1) is 0 Å². The molecule has 1 N–H and O–H groups in total. The lowest BCUT2D eigenvalue weighted by Gasteiger charge is -2.22. The fourth-order valence-corrected chi connectivity index (χ4v) is 5.84. The summed E-state index contributed by atoms with van der Waals surface area (Å²) < 4.78 is 5.80. The lowest BCUT2D eigenvalue weighted by molar-refractivity contribution is 0.00158. The van der Waals surface area contributed by atoms with E-state index in [2.05, 4.69) is 39.5 Å². The number of anilines is 1. The van der Waals surface area contributed by atoms with E-state index in [1.54, 1.807) is 6.20 Å².